The summed E-state index contributed by atoms with van der Waals surface area (Å²) in [5.41, 5.74) is 0. The summed E-state index contributed by atoms with van der Waals surface area (Å²) in [7, 11) is -4.72. The van der Waals surface area contributed by atoms with Crippen LogP contribution in [0.2, 0.25) is 15.1 Å². The van der Waals surface area contributed by atoms with Crippen molar-refractivity contribution in [3.05, 3.63) is 51.5 Å². The van der Waals surface area contributed by atoms with Crippen molar-refractivity contribution in [3.63, 3.8) is 0 Å². The monoisotopic (exact) mass is 391 g/mol. The van der Waals surface area contributed by atoms with Gasteiger partial charge in [-0.3, -0.25) is 4.55 Å². The van der Waals surface area contributed by atoms with Gasteiger partial charge < -0.3 is 8.92 Å². The first-order valence-electron chi connectivity index (χ1n) is 5.34. The van der Waals surface area contributed by atoms with Crippen molar-refractivity contribution in [2.45, 2.75) is 0 Å². The quantitative estimate of drug-likeness (QED) is 0.622. The summed E-state index contributed by atoms with van der Waals surface area (Å²) >= 11 is 17.5. The maximum absolute atomic E-state index is 10.8. The topological polar surface area (TPSA) is 72.8 Å². The van der Waals surface area contributed by atoms with Gasteiger partial charge >= 0.3 is 10.4 Å². The van der Waals surface area contributed by atoms with Gasteiger partial charge in [-0.15, -0.1) is 0 Å². The predicted octanol–water partition coefficient (Wildman–Crippen LogP) is 4.24. The van der Waals surface area contributed by atoms with E-state index < -0.39 is 10.4 Å². The molecular weight excluding hydrogens is 386 g/mol. The Morgan fingerprint density at radius 1 is 0.864 bits per heavy atom. The molecule has 0 aliphatic carbocycles. The molecular formula is C12H7Cl3NaO5S. The molecule has 0 unspecified atom stereocenters. The minimum atomic E-state index is -4.72. The Bertz CT molecular complexity index is 782. The second kappa shape index (κ2) is 8.08. The van der Waals surface area contributed by atoms with Crippen molar-refractivity contribution in [2.24, 2.45) is 0 Å². The maximum Gasteiger partial charge on any atom is 0.446 e. The third kappa shape index (κ3) is 5.79. The summed E-state index contributed by atoms with van der Waals surface area (Å²) in [6.45, 7) is 0. The molecule has 0 saturated heterocycles. The van der Waals surface area contributed by atoms with Crippen LogP contribution >= 0.6 is 34.8 Å². The molecule has 113 valence electrons. The molecule has 0 bridgehead atoms. The molecule has 0 spiro atoms. The Hall–Kier alpha value is -0.180. The number of ether oxygens (including phenoxy) is 1. The van der Waals surface area contributed by atoms with Gasteiger partial charge in [-0.1, -0.05) is 34.8 Å². The van der Waals surface area contributed by atoms with Crippen LogP contribution in [0.1, 0.15) is 0 Å². The maximum atomic E-state index is 10.8. The third-order valence-electron chi connectivity index (χ3n) is 2.21. The molecule has 0 aliphatic heterocycles. The van der Waals surface area contributed by atoms with Crippen LogP contribution in [0.3, 0.4) is 0 Å². The molecule has 0 amide bonds. The largest absolute Gasteiger partial charge is 0.452 e. The fourth-order valence-corrected chi connectivity index (χ4v) is 2.39. The first kappa shape index (κ1) is 19.9. The summed E-state index contributed by atoms with van der Waals surface area (Å²) < 4.78 is 40.2. The second-order valence-corrected chi connectivity index (χ2v) is 6.08. The van der Waals surface area contributed by atoms with Gasteiger partial charge in [0.1, 0.15) is 5.75 Å². The number of hydrogen-bond acceptors (Lipinski definition) is 4. The number of rotatable bonds is 4. The van der Waals surface area contributed by atoms with Crippen LogP contribution in [-0.2, 0) is 10.4 Å². The molecule has 2 aromatic carbocycles. The summed E-state index contributed by atoms with van der Waals surface area (Å²) in [6, 6.07) is 8.50. The number of hydrogen-bond donors (Lipinski definition) is 1. The van der Waals surface area contributed by atoms with Crippen LogP contribution in [0.25, 0.3) is 0 Å². The molecule has 1 radical (unpaired) electrons. The van der Waals surface area contributed by atoms with E-state index in [9.17, 15) is 8.42 Å². The summed E-state index contributed by atoms with van der Waals surface area (Å²) in [5.74, 6) is -0.0548. The Kier molecular flexibility index (Phi) is 7.29. The normalized spacial score (nSPS) is 10.7. The van der Waals surface area contributed by atoms with Gasteiger partial charge in [-0.25, -0.2) is 0 Å². The fraction of sp³-hybridized carbons (Fsp3) is 0. The molecule has 0 fully saturated rings. The van der Waals surface area contributed by atoms with Crippen LogP contribution in [0.5, 0.6) is 17.2 Å². The molecule has 10 heteroatoms. The Morgan fingerprint density at radius 2 is 1.41 bits per heavy atom. The van der Waals surface area contributed by atoms with Gasteiger partial charge in [0.15, 0.2) is 11.5 Å². The first-order chi connectivity index (χ1) is 9.74. The standard InChI is InChI=1S/C12H7Cl3O5S.Na/c13-7-1-3-10(9(15)5-7)19-11-4-2-8(14)6-12(11)20-21(16,17)18;/h1-6H,(H,16,17,18);. The summed E-state index contributed by atoms with van der Waals surface area (Å²) in [6.07, 6.45) is 0. The SMILES string of the molecule is O=S(=O)(O)Oc1cc(Cl)ccc1Oc1ccc(Cl)cc1Cl.[Na]. The van der Waals surface area contributed by atoms with Crippen molar-refractivity contribution in [1.29, 1.82) is 0 Å². The van der Waals surface area contributed by atoms with Crippen LogP contribution in [-0.4, -0.2) is 42.5 Å². The zero-order valence-electron chi connectivity index (χ0n) is 11.1. The van der Waals surface area contributed by atoms with Crippen molar-refractivity contribution < 1.29 is 21.9 Å². The fourth-order valence-electron chi connectivity index (χ4n) is 1.42. The van der Waals surface area contributed by atoms with E-state index in [0.29, 0.717) is 5.02 Å². The molecule has 0 atom stereocenters. The predicted molar refractivity (Wildman–Crippen MR) is 85.9 cm³/mol. The molecule has 0 aliphatic rings. The average molecular weight is 393 g/mol. The zero-order valence-corrected chi connectivity index (χ0v) is 16.2. The average Bonchev–Trinajstić information content (AvgIpc) is 2.33. The Balaban J connectivity index is 0.00000242. The van der Waals surface area contributed by atoms with E-state index in [4.69, 9.17) is 44.1 Å². The van der Waals surface area contributed by atoms with E-state index in [2.05, 4.69) is 4.18 Å². The van der Waals surface area contributed by atoms with Crippen molar-refractivity contribution in [3.8, 4) is 17.2 Å². The smallest absolute Gasteiger partial charge is 0.446 e. The van der Waals surface area contributed by atoms with E-state index in [1.807, 2.05) is 0 Å². The third-order valence-corrected chi connectivity index (χ3v) is 3.37. The molecule has 2 rings (SSSR count). The minimum absolute atomic E-state index is 0. The van der Waals surface area contributed by atoms with Gasteiger partial charge in [-0.05, 0) is 30.3 Å². The molecule has 0 aromatic heterocycles. The van der Waals surface area contributed by atoms with E-state index in [1.165, 1.54) is 30.3 Å². The molecule has 1 N–H and O–H groups in total. The van der Waals surface area contributed by atoms with Crippen molar-refractivity contribution in [1.82, 2.24) is 0 Å². The molecule has 0 saturated carbocycles. The summed E-state index contributed by atoms with van der Waals surface area (Å²) in [4.78, 5) is 0. The van der Waals surface area contributed by atoms with Gasteiger partial charge in [0.05, 0.1) is 5.02 Å². The van der Waals surface area contributed by atoms with E-state index in [1.54, 1.807) is 6.07 Å². The van der Waals surface area contributed by atoms with Gasteiger partial charge in [0.2, 0.25) is 0 Å². The van der Waals surface area contributed by atoms with Gasteiger partial charge in [-0.2, -0.15) is 8.42 Å². The second-order valence-electron chi connectivity index (χ2n) is 3.78. The zero-order chi connectivity index (χ0) is 15.6. The molecule has 2 aromatic rings. The van der Waals surface area contributed by atoms with E-state index >= 15 is 0 Å². The molecule has 22 heavy (non-hydrogen) atoms. The Labute approximate surface area is 164 Å². The minimum Gasteiger partial charge on any atom is -0.452 e. The number of halogens is 3. The number of benzene rings is 2. The van der Waals surface area contributed by atoms with Crippen LogP contribution in [0.4, 0.5) is 0 Å². The van der Waals surface area contributed by atoms with Crippen molar-refractivity contribution in [2.75, 3.05) is 0 Å². The summed E-state index contributed by atoms with van der Waals surface area (Å²) in [5, 5.41) is 0.830. The van der Waals surface area contributed by atoms with Gasteiger partial charge in [0.25, 0.3) is 0 Å². The van der Waals surface area contributed by atoms with E-state index in [0.717, 1.165) is 0 Å². The van der Waals surface area contributed by atoms with Gasteiger partial charge in [0, 0.05) is 45.7 Å². The van der Waals surface area contributed by atoms with Crippen LogP contribution in [0, 0.1) is 0 Å². The van der Waals surface area contributed by atoms with E-state index in [-0.39, 0.29) is 56.9 Å². The van der Waals surface area contributed by atoms with Crippen LogP contribution in [0.15, 0.2) is 36.4 Å². The van der Waals surface area contributed by atoms with Crippen molar-refractivity contribution >= 4 is 74.8 Å². The molecule has 0 heterocycles. The molecule has 5 nitrogen and oxygen atoms in total. The Morgan fingerprint density at radius 3 is 1.95 bits per heavy atom. The first-order valence-corrected chi connectivity index (χ1v) is 7.84. The van der Waals surface area contributed by atoms with Crippen LogP contribution < -0.4 is 8.92 Å².